The number of nitrogens with one attached hydrogen (secondary N) is 1. The van der Waals surface area contributed by atoms with E-state index in [4.69, 9.17) is 4.74 Å². The summed E-state index contributed by atoms with van der Waals surface area (Å²) in [6.45, 7) is 3.48. The molecule has 2 aromatic carbocycles. The van der Waals surface area contributed by atoms with Crippen molar-refractivity contribution in [3.63, 3.8) is 0 Å². The van der Waals surface area contributed by atoms with Gasteiger partial charge in [-0.25, -0.2) is 13.4 Å². The van der Waals surface area contributed by atoms with E-state index in [2.05, 4.69) is 15.5 Å². The maximum Gasteiger partial charge on any atom is 0.243 e. The Kier molecular flexibility index (Phi) is 7.81. The largest absolute Gasteiger partial charge is 0.504 e. The average molecular weight is 501 g/mol. The fourth-order valence-corrected chi connectivity index (χ4v) is 5.92. The van der Waals surface area contributed by atoms with Gasteiger partial charge in [-0.05, 0) is 55.7 Å². The minimum Gasteiger partial charge on any atom is -0.504 e. The third-order valence-electron chi connectivity index (χ3n) is 5.51. The molecule has 0 spiro atoms. The van der Waals surface area contributed by atoms with E-state index in [1.165, 1.54) is 11.3 Å². The zero-order valence-electron chi connectivity index (χ0n) is 19.0. The number of hydrogen-bond donors (Lipinski definition) is 2. The van der Waals surface area contributed by atoms with Crippen LogP contribution in [0.25, 0.3) is 11.3 Å². The van der Waals surface area contributed by atoms with Crippen LogP contribution in [0.2, 0.25) is 0 Å². The Labute approximate surface area is 204 Å². The molecular weight excluding hydrogens is 472 g/mol. The van der Waals surface area contributed by atoms with Crippen molar-refractivity contribution >= 4 is 32.7 Å². The zero-order valence-corrected chi connectivity index (χ0v) is 20.6. The number of rotatable bonds is 8. The van der Waals surface area contributed by atoms with Gasteiger partial charge in [0.2, 0.25) is 15.2 Å². The van der Waals surface area contributed by atoms with Crippen molar-refractivity contribution in [2.24, 2.45) is 5.10 Å². The molecule has 1 fully saturated rings. The van der Waals surface area contributed by atoms with Crippen LogP contribution in [0.15, 0.2) is 57.8 Å². The van der Waals surface area contributed by atoms with E-state index < -0.39 is 10.0 Å². The number of ether oxygens (including phenoxy) is 1. The van der Waals surface area contributed by atoms with Gasteiger partial charge in [0.05, 0.1) is 23.4 Å². The number of hydrazone groups is 1. The molecule has 1 aromatic heterocycles. The van der Waals surface area contributed by atoms with E-state index in [1.807, 2.05) is 12.3 Å². The number of phenolic OH excluding ortho intramolecular Hbond substituents is 1. The molecule has 2 heterocycles. The Balaban J connectivity index is 1.41. The molecule has 3 aromatic rings. The highest BCUT2D eigenvalue weighted by molar-refractivity contribution is 7.89. The summed E-state index contributed by atoms with van der Waals surface area (Å²) in [6.07, 6.45) is 5.60. The summed E-state index contributed by atoms with van der Waals surface area (Å²) in [7, 11) is -3.47. The SMILES string of the molecule is CCOc1cc(/C=N/Nc2nc(-c3ccc(S(=O)(=O)N4CCCCCC4)cc3)cs2)ccc1O. The van der Waals surface area contributed by atoms with Crippen molar-refractivity contribution in [3.05, 3.63) is 53.4 Å². The summed E-state index contributed by atoms with van der Waals surface area (Å²) in [5.41, 5.74) is 5.25. The summed E-state index contributed by atoms with van der Waals surface area (Å²) in [5.74, 6) is 0.492. The lowest BCUT2D eigenvalue weighted by atomic mass is 10.2. The van der Waals surface area contributed by atoms with Gasteiger partial charge in [0.1, 0.15) is 0 Å². The molecule has 4 rings (SSSR count). The molecule has 34 heavy (non-hydrogen) atoms. The summed E-state index contributed by atoms with van der Waals surface area (Å²) >= 11 is 1.40. The highest BCUT2D eigenvalue weighted by Crippen LogP contribution is 2.28. The van der Waals surface area contributed by atoms with Crippen LogP contribution in [-0.4, -0.2) is 48.7 Å². The zero-order chi connectivity index (χ0) is 24.0. The van der Waals surface area contributed by atoms with Crippen LogP contribution in [0.4, 0.5) is 5.13 Å². The number of aromatic hydroxyl groups is 1. The molecule has 1 saturated heterocycles. The Hall–Kier alpha value is -2.95. The van der Waals surface area contributed by atoms with Gasteiger partial charge in [-0.2, -0.15) is 9.41 Å². The van der Waals surface area contributed by atoms with Crippen LogP contribution in [0.1, 0.15) is 38.2 Å². The first-order chi connectivity index (χ1) is 16.5. The van der Waals surface area contributed by atoms with Gasteiger partial charge < -0.3 is 9.84 Å². The quantitative estimate of drug-likeness (QED) is 0.336. The predicted molar refractivity (Wildman–Crippen MR) is 135 cm³/mol. The first-order valence-corrected chi connectivity index (χ1v) is 13.6. The number of phenols is 1. The number of thiazole rings is 1. The summed E-state index contributed by atoms with van der Waals surface area (Å²) in [4.78, 5) is 4.85. The molecule has 1 aliphatic heterocycles. The van der Waals surface area contributed by atoms with Crippen molar-refractivity contribution < 1.29 is 18.3 Å². The smallest absolute Gasteiger partial charge is 0.243 e. The van der Waals surface area contributed by atoms with Crippen molar-refractivity contribution in [1.82, 2.24) is 9.29 Å². The van der Waals surface area contributed by atoms with Gasteiger partial charge in [-0.3, -0.25) is 5.43 Å². The van der Waals surface area contributed by atoms with E-state index >= 15 is 0 Å². The molecule has 2 N–H and O–H groups in total. The van der Waals surface area contributed by atoms with Gasteiger partial charge in [-0.15, -0.1) is 11.3 Å². The number of sulfonamides is 1. The highest BCUT2D eigenvalue weighted by Gasteiger charge is 2.25. The van der Waals surface area contributed by atoms with Gasteiger partial charge in [0, 0.05) is 24.0 Å². The predicted octanol–water partition coefficient (Wildman–Crippen LogP) is 4.93. The van der Waals surface area contributed by atoms with Crippen LogP contribution in [-0.2, 0) is 10.0 Å². The summed E-state index contributed by atoms with van der Waals surface area (Å²) in [6, 6.07) is 11.9. The number of hydrogen-bond acceptors (Lipinski definition) is 8. The monoisotopic (exact) mass is 500 g/mol. The number of nitrogens with zero attached hydrogens (tertiary/aromatic N) is 3. The lowest BCUT2D eigenvalue weighted by Crippen LogP contribution is -2.31. The molecule has 0 bridgehead atoms. The van der Waals surface area contributed by atoms with Crippen LogP contribution in [0, 0.1) is 0 Å². The van der Waals surface area contributed by atoms with E-state index in [1.54, 1.807) is 53.0 Å². The van der Waals surface area contributed by atoms with E-state index in [-0.39, 0.29) is 5.75 Å². The molecule has 10 heteroatoms. The normalized spacial score (nSPS) is 15.3. The highest BCUT2D eigenvalue weighted by atomic mass is 32.2. The Morgan fingerprint density at radius 2 is 1.88 bits per heavy atom. The molecule has 8 nitrogen and oxygen atoms in total. The van der Waals surface area contributed by atoms with E-state index in [9.17, 15) is 13.5 Å². The maximum atomic E-state index is 13.0. The van der Waals surface area contributed by atoms with Gasteiger partial charge in [-0.1, -0.05) is 25.0 Å². The van der Waals surface area contributed by atoms with E-state index in [0.717, 1.165) is 42.5 Å². The Morgan fingerprint density at radius 3 is 2.59 bits per heavy atom. The second kappa shape index (κ2) is 11.0. The van der Waals surface area contributed by atoms with Crippen molar-refractivity contribution in [2.75, 3.05) is 25.1 Å². The molecule has 180 valence electrons. The second-order valence-corrected chi connectivity index (χ2v) is 10.7. The molecule has 0 atom stereocenters. The van der Waals surface area contributed by atoms with Gasteiger partial charge >= 0.3 is 0 Å². The van der Waals surface area contributed by atoms with Crippen LogP contribution < -0.4 is 10.2 Å². The molecular formula is C24H28N4O4S2. The third-order valence-corrected chi connectivity index (χ3v) is 8.17. The topological polar surface area (TPSA) is 104 Å². The van der Waals surface area contributed by atoms with Gasteiger partial charge in [0.25, 0.3) is 0 Å². The lowest BCUT2D eigenvalue weighted by Gasteiger charge is -2.19. The van der Waals surface area contributed by atoms with Crippen LogP contribution in [0.5, 0.6) is 11.5 Å². The fraction of sp³-hybridized carbons (Fsp3) is 0.333. The number of aromatic nitrogens is 1. The molecule has 0 unspecified atom stereocenters. The minimum absolute atomic E-state index is 0.0850. The minimum atomic E-state index is -3.47. The van der Waals surface area contributed by atoms with Crippen molar-refractivity contribution in [2.45, 2.75) is 37.5 Å². The standard InChI is InChI=1S/C24H28N4O4S2/c1-2-32-23-15-18(7-12-22(23)29)16-25-27-24-26-21(17-33-24)19-8-10-20(11-9-19)34(30,31)28-13-5-3-4-6-14-28/h7-12,15-17,29H,2-6,13-14H2,1H3,(H,26,27)/b25-16+. The molecule has 0 radical (unpaired) electrons. The summed E-state index contributed by atoms with van der Waals surface area (Å²) < 4.78 is 32.9. The Morgan fingerprint density at radius 1 is 1.15 bits per heavy atom. The molecule has 0 aliphatic carbocycles. The lowest BCUT2D eigenvalue weighted by molar-refractivity contribution is 0.318. The van der Waals surface area contributed by atoms with E-state index in [0.29, 0.717) is 35.5 Å². The van der Waals surface area contributed by atoms with Crippen molar-refractivity contribution in [3.8, 4) is 22.8 Å². The average Bonchev–Trinajstić information content (AvgIpc) is 3.13. The van der Waals surface area contributed by atoms with Gasteiger partial charge in [0.15, 0.2) is 11.5 Å². The van der Waals surface area contributed by atoms with Crippen LogP contribution >= 0.6 is 11.3 Å². The fourth-order valence-electron chi connectivity index (χ4n) is 3.73. The summed E-state index contributed by atoms with van der Waals surface area (Å²) in [5, 5.41) is 16.5. The first kappa shape index (κ1) is 24.2. The molecule has 1 aliphatic rings. The third kappa shape index (κ3) is 5.75. The van der Waals surface area contributed by atoms with Crippen molar-refractivity contribution in [1.29, 1.82) is 0 Å². The first-order valence-electron chi connectivity index (χ1n) is 11.3. The number of benzene rings is 2. The maximum absolute atomic E-state index is 13.0. The second-order valence-electron chi connectivity index (χ2n) is 7.91. The molecule has 0 saturated carbocycles. The van der Waals surface area contributed by atoms with Crippen LogP contribution in [0.3, 0.4) is 0 Å². The Bertz CT molecular complexity index is 1230. The molecule has 0 amide bonds. The number of anilines is 1.